The Morgan fingerprint density at radius 1 is 1.11 bits per heavy atom. The summed E-state index contributed by atoms with van der Waals surface area (Å²) >= 11 is 0. The van der Waals surface area contributed by atoms with Crippen molar-refractivity contribution >= 4 is 5.96 Å². The van der Waals surface area contributed by atoms with Gasteiger partial charge in [0.2, 0.25) is 0 Å². The van der Waals surface area contributed by atoms with E-state index in [2.05, 4.69) is 25.7 Å². The van der Waals surface area contributed by atoms with Crippen molar-refractivity contribution in [1.29, 1.82) is 0 Å². The largest absolute Gasteiger partial charge is 0.492 e. The van der Waals surface area contributed by atoms with Crippen molar-refractivity contribution in [1.82, 2.24) is 25.4 Å². The number of hydrogen-bond donors (Lipinski definition) is 2. The molecule has 0 atom stereocenters. The minimum atomic E-state index is 0.559. The summed E-state index contributed by atoms with van der Waals surface area (Å²) in [5.74, 6) is 2.40. The average molecular weight is 378 g/mol. The number of ether oxygens (including phenoxy) is 1. The number of aryl methyl sites for hydroxylation is 2. The van der Waals surface area contributed by atoms with Crippen molar-refractivity contribution < 1.29 is 4.74 Å². The lowest BCUT2D eigenvalue weighted by Gasteiger charge is -2.13. The topological polar surface area (TPSA) is 76.4 Å². The molecule has 0 saturated heterocycles. The maximum atomic E-state index is 5.67. The second kappa shape index (κ2) is 9.55. The van der Waals surface area contributed by atoms with E-state index in [1.807, 2.05) is 73.3 Å². The van der Waals surface area contributed by atoms with Crippen LogP contribution in [-0.4, -0.2) is 40.9 Å². The summed E-state index contributed by atoms with van der Waals surface area (Å²) in [7, 11) is 1.75. The molecule has 0 bridgehead atoms. The van der Waals surface area contributed by atoms with Gasteiger partial charge in [-0.1, -0.05) is 24.3 Å². The Balaban J connectivity index is 1.45. The number of para-hydroxylation sites is 1. The van der Waals surface area contributed by atoms with Gasteiger partial charge >= 0.3 is 0 Å². The van der Waals surface area contributed by atoms with E-state index in [1.54, 1.807) is 7.05 Å². The van der Waals surface area contributed by atoms with Crippen LogP contribution in [0.3, 0.4) is 0 Å². The van der Waals surface area contributed by atoms with Crippen molar-refractivity contribution in [3.05, 3.63) is 71.7 Å². The van der Waals surface area contributed by atoms with Gasteiger partial charge in [0.15, 0.2) is 11.8 Å². The van der Waals surface area contributed by atoms with E-state index in [1.165, 1.54) is 0 Å². The molecule has 146 valence electrons. The summed E-state index contributed by atoms with van der Waals surface area (Å²) in [6.07, 6.45) is 1.85. The Labute approximate surface area is 165 Å². The Bertz CT molecular complexity index is 902. The number of nitrogens with zero attached hydrogens (tertiary/aromatic N) is 4. The van der Waals surface area contributed by atoms with Gasteiger partial charge in [0, 0.05) is 25.5 Å². The van der Waals surface area contributed by atoms with Crippen LogP contribution in [0.25, 0.3) is 5.82 Å². The number of nitrogens with one attached hydrogen (secondary N) is 2. The Morgan fingerprint density at radius 2 is 1.93 bits per heavy atom. The maximum absolute atomic E-state index is 5.67. The van der Waals surface area contributed by atoms with E-state index >= 15 is 0 Å². The van der Waals surface area contributed by atoms with E-state index in [-0.39, 0.29) is 0 Å². The van der Waals surface area contributed by atoms with Gasteiger partial charge in [0.25, 0.3) is 0 Å². The summed E-state index contributed by atoms with van der Waals surface area (Å²) in [5.41, 5.74) is 3.11. The van der Waals surface area contributed by atoms with Crippen LogP contribution >= 0.6 is 0 Å². The summed E-state index contributed by atoms with van der Waals surface area (Å²) in [5, 5.41) is 11.0. The van der Waals surface area contributed by atoms with Crippen LogP contribution in [-0.2, 0) is 6.54 Å². The highest BCUT2D eigenvalue weighted by Gasteiger charge is 2.05. The van der Waals surface area contributed by atoms with Crippen molar-refractivity contribution in [2.75, 3.05) is 20.2 Å². The summed E-state index contributed by atoms with van der Waals surface area (Å²) in [4.78, 5) is 8.75. The molecule has 0 amide bonds. The van der Waals surface area contributed by atoms with Gasteiger partial charge < -0.3 is 15.4 Å². The van der Waals surface area contributed by atoms with Gasteiger partial charge in [0.1, 0.15) is 12.4 Å². The molecule has 0 aliphatic rings. The molecule has 0 aliphatic carbocycles. The maximum Gasteiger partial charge on any atom is 0.191 e. The predicted octanol–water partition coefficient (Wildman–Crippen LogP) is 2.63. The number of rotatable bonds is 7. The normalized spacial score (nSPS) is 11.3. The molecule has 2 aromatic heterocycles. The first-order valence-electron chi connectivity index (χ1n) is 9.26. The van der Waals surface area contributed by atoms with Gasteiger partial charge in [0.05, 0.1) is 12.2 Å². The highest BCUT2D eigenvalue weighted by Crippen LogP contribution is 2.10. The van der Waals surface area contributed by atoms with E-state index in [0.29, 0.717) is 19.7 Å². The van der Waals surface area contributed by atoms with Crippen molar-refractivity contribution in [3.63, 3.8) is 0 Å². The summed E-state index contributed by atoms with van der Waals surface area (Å²) in [6, 6.07) is 15.8. The first kappa shape index (κ1) is 19.4. The number of benzene rings is 1. The molecule has 0 radical (unpaired) electrons. The van der Waals surface area contributed by atoms with Crippen LogP contribution in [0.4, 0.5) is 0 Å². The SMILES string of the molecule is CN=C(NCCOc1ccccc1)NCc1ccc(-n2nc(C)cc2C)nc1. The zero-order valence-electron chi connectivity index (χ0n) is 16.5. The third kappa shape index (κ3) is 5.33. The molecule has 2 heterocycles. The lowest BCUT2D eigenvalue weighted by atomic mass is 10.3. The molecule has 0 spiro atoms. The van der Waals surface area contributed by atoms with Crippen molar-refractivity contribution in [2.24, 2.45) is 4.99 Å². The van der Waals surface area contributed by atoms with Crippen molar-refractivity contribution in [3.8, 4) is 11.6 Å². The zero-order valence-corrected chi connectivity index (χ0v) is 16.5. The molecular formula is C21H26N6O. The third-order valence-electron chi connectivity index (χ3n) is 4.13. The fourth-order valence-electron chi connectivity index (χ4n) is 2.77. The molecule has 0 aliphatic heterocycles. The van der Waals surface area contributed by atoms with Gasteiger partial charge in [-0.3, -0.25) is 4.99 Å². The van der Waals surface area contributed by atoms with Crippen LogP contribution in [0.15, 0.2) is 59.7 Å². The van der Waals surface area contributed by atoms with E-state index in [4.69, 9.17) is 4.74 Å². The smallest absolute Gasteiger partial charge is 0.191 e. The predicted molar refractivity (Wildman–Crippen MR) is 111 cm³/mol. The second-order valence-corrected chi connectivity index (χ2v) is 6.38. The van der Waals surface area contributed by atoms with Crippen LogP contribution in [0.1, 0.15) is 17.0 Å². The zero-order chi connectivity index (χ0) is 19.8. The Hall–Kier alpha value is -3.35. The quantitative estimate of drug-likeness (QED) is 0.375. The molecule has 28 heavy (non-hydrogen) atoms. The summed E-state index contributed by atoms with van der Waals surface area (Å²) < 4.78 is 7.51. The molecule has 0 unspecified atom stereocenters. The minimum Gasteiger partial charge on any atom is -0.492 e. The van der Waals surface area contributed by atoms with Crippen LogP contribution < -0.4 is 15.4 Å². The number of hydrogen-bond acceptors (Lipinski definition) is 4. The summed E-state index contributed by atoms with van der Waals surface area (Å²) in [6.45, 7) is 5.84. The Kier molecular flexibility index (Phi) is 6.62. The van der Waals surface area contributed by atoms with Gasteiger partial charge in [-0.25, -0.2) is 9.67 Å². The van der Waals surface area contributed by atoms with Crippen LogP contribution in [0.5, 0.6) is 5.75 Å². The average Bonchev–Trinajstić information content (AvgIpc) is 3.06. The lowest BCUT2D eigenvalue weighted by molar-refractivity contribution is 0.322. The molecule has 2 N–H and O–H groups in total. The van der Waals surface area contributed by atoms with Crippen molar-refractivity contribution in [2.45, 2.75) is 20.4 Å². The number of aromatic nitrogens is 3. The molecule has 7 nitrogen and oxygen atoms in total. The molecule has 3 rings (SSSR count). The third-order valence-corrected chi connectivity index (χ3v) is 4.13. The van der Waals surface area contributed by atoms with Gasteiger partial charge in [-0.05, 0) is 43.7 Å². The number of aliphatic imine (C=N–C) groups is 1. The number of pyridine rings is 1. The highest BCUT2D eigenvalue weighted by molar-refractivity contribution is 5.79. The van der Waals surface area contributed by atoms with E-state index in [9.17, 15) is 0 Å². The first-order chi connectivity index (χ1) is 13.7. The molecule has 3 aromatic rings. The standard InChI is InChI=1S/C21H26N6O/c1-16-13-17(2)27(26-16)20-10-9-18(14-24-20)15-25-21(22-3)23-11-12-28-19-7-5-4-6-8-19/h4-10,13-14H,11-12,15H2,1-3H3,(H2,22,23,25). The van der Waals surface area contributed by atoms with Gasteiger partial charge in [-0.2, -0.15) is 5.10 Å². The van der Waals surface area contributed by atoms with E-state index < -0.39 is 0 Å². The molecule has 0 saturated carbocycles. The van der Waals surface area contributed by atoms with E-state index in [0.717, 1.165) is 34.5 Å². The first-order valence-corrected chi connectivity index (χ1v) is 9.26. The van der Waals surface area contributed by atoms with Crippen LogP contribution in [0.2, 0.25) is 0 Å². The highest BCUT2D eigenvalue weighted by atomic mass is 16.5. The Morgan fingerprint density at radius 3 is 2.57 bits per heavy atom. The lowest BCUT2D eigenvalue weighted by Crippen LogP contribution is -2.38. The molecular weight excluding hydrogens is 352 g/mol. The van der Waals surface area contributed by atoms with Gasteiger partial charge in [-0.15, -0.1) is 0 Å². The molecule has 1 aromatic carbocycles. The second-order valence-electron chi connectivity index (χ2n) is 6.38. The fourth-order valence-corrected chi connectivity index (χ4v) is 2.77. The molecule has 0 fully saturated rings. The fraction of sp³-hybridized carbons (Fsp3) is 0.286. The van der Waals surface area contributed by atoms with Crippen LogP contribution in [0, 0.1) is 13.8 Å². The minimum absolute atomic E-state index is 0.559. The molecule has 7 heteroatoms. The monoisotopic (exact) mass is 378 g/mol. The number of guanidine groups is 1.